The fraction of sp³-hybridized carbons (Fsp3) is 0.0833. The van der Waals surface area contributed by atoms with E-state index < -0.39 is 0 Å². The first kappa shape index (κ1) is 19.0. The van der Waals surface area contributed by atoms with E-state index in [1.807, 2.05) is 77.5 Å². The van der Waals surface area contributed by atoms with Crippen LogP contribution in [0.1, 0.15) is 21.5 Å². The zero-order valence-electron chi connectivity index (χ0n) is 15.9. The van der Waals surface area contributed by atoms with E-state index in [1.165, 1.54) is 5.56 Å². The lowest BCUT2D eigenvalue weighted by Crippen LogP contribution is -2.23. The second kappa shape index (κ2) is 9.26. The summed E-state index contributed by atoms with van der Waals surface area (Å²) in [4.78, 5) is 17.8. The number of benzene rings is 3. The summed E-state index contributed by atoms with van der Waals surface area (Å²) in [6, 6.07) is 26.1. The van der Waals surface area contributed by atoms with Crippen LogP contribution in [0, 0.1) is 0 Å². The van der Waals surface area contributed by atoms with Gasteiger partial charge in [0.1, 0.15) is 0 Å². The highest BCUT2D eigenvalue weighted by atomic mass is 32.2. The van der Waals surface area contributed by atoms with Gasteiger partial charge < -0.3 is 9.88 Å². The van der Waals surface area contributed by atoms with Crippen molar-refractivity contribution in [1.29, 1.82) is 0 Å². The number of hydrogen-bond acceptors (Lipinski definition) is 3. The van der Waals surface area contributed by atoms with Gasteiger partial charge in [0, 0.05) is 35.3 Å². The molecule has 29 heavy (non-hydrogen) atoms. The summed E-state index contributed by atoms with van der Waals surface area (Å²) < 4.78 is 1.95. The summed E-state index contributed by atoms with van der Waals surface area (Å²) in [5.41, 5.74) is 4.05. The number of nitrogens with zero attached hydrogens (tertiary/aromatic N) is 2. The van der Waals surface area contributed by atoms with Crippen LogP contribution in [0.5, 0.6) is 0 Å². The van der Waals surface area contributed by atoms with Gasteiger partial charge in [-0.1, -0.05) is 54.6 Å². The molecule has 0 aliphatic rings. The lowest BCUT2D eigenvalue weighted by Gasteiger charge is -2.11. The van der Waals surface area contributed by atoms with E-state index in [4.69, 9.17) is 0 Å². The predicted octanol–water partition coefficient (Wildman–Crippen LogP) is 5.09. The molecule has 1 heterocycles. The number of rotatable bonds is 7. The average molecular weight is 400 g/mol. The Bertz CT molecular complexity index is 1060. The van der Waals surface area contributed by atoms with E-state index >= 15 is 0 Å². The molecule has 5 heteroatoms. The molecule has 1 amide bonds. The van der Waals surface area contributed by atoms with Crippen LogP contribution in [0.15, 0.2) is 102 Å². The lowest BCUT2D eigenvalue weighted by atomic mass is 10.2. The molecule has 4 rings (SSSR count). The first-order valence-electron chi connectivity index (χ1n) is 9.41. The molecule has 0 radical (unpaired) electrons. The lowest BCUT2D eigenvalue weighted by molar-refractivity contribution is 0.0948. The number of amides is 1. The summed E-state index contributed by atoms with van der Waals surface area (Å²) in [6.07, 6.45) is 5.42. The second-order valence-electron chi connectivity index (χ2n) is 6.59. The fourth-order valence-corrected chi connectivity index (χ4v) is 4.00. The standard InChI is InChI=1S/C24H21N3OS/c28-24(26-16-19-10-12-21(13-11-19)27-15-14-25-18-27)22-8-4-5-9-23(22)29-17-20-6-2-1-3-7-20/h1-15,18H,16-17H2,(H,26,28). The zero-order chi connectivity index (χ0) is 19.9. The first-order chi connectivity index (χ1) is 14.3. The number of thioether (sulfide) groups is 1. The Balaban J connectivity index is 1.38. The summed E-state index contributed by atoms with van der Waals surface area (Å²) in [5.74, 6) is 0.778. The van der Waals surface area contributed by atoms with Crippen molar-refractivity contribution in [1.82, 2.24) is 14.9 Å². The van der Waals surface area contributed by atoms with Gasteiger partial charge in [-0.15, -0.1) is 11.8 Å². The molecule has 0 saturated heterocycles. The molecule has 1 aromatic heterocycles. The van der Waals surface area contributed by atoms with Crippen molar-refractivity contribution >= 4 is 17.7 Å². The Morgan fingerprint density at radius 1 is 0.897 bits per heavy atom. The normalized spacial score (nSPS) is 10.6. The highest BCUT2D eigenvalue weighted by Gasteiger charge is 2.11. The van der Waals surface area contributed by atoms with Crippen molar-refractivity contribution in [3.05, 3.63) is 114 Å². The predicted molar refractivity (Wildman–Crippen MR) is 117 cm³/mol. The highest BCUT2D eigenvalue weighted by Crippen LogP contribution is 2.26. The van der Waals surface area contributed by atoms with Crippen LogP contribution >= 0.6 is 11.8 Å². The van der Waals surface area contributed by atoms with E-state index in [-0.39, 0.29) is 5.91 Å². The molecule has 0 atom stereocenters. The van der Waals surface area contributed by atoms with Gasteiger partial charge in [-0.25, -0.2) is 4.98 Å². The van der Waals surface area contributed by atoms with Crippen molar-refractivity contribution in [2.75, 3.05) is 0 Å². The number of nitrogens with one attached hydrogen (secondary N) is 1. The number of hydrogen-bond donors (Lipinski definition) is 1. The van der Waals surface area contributed by atoms with E-state index in [9.17, 15) is 4.79 Å². The number of carbonyl (C=O) groups is 1. The third-order valence-corrected chi connectivity index (χ3v) is 5.71. The Morgan fingerprint density at radius 2 is 1.66 bits per heavy atom. The SMILES string of the molecule is O=C(NCc1ccc(-n2ccnc2)cc1)c1ccccc1SCc1ccccc1. The summed E-state index contributed by atoms with van der Waals surface area (Å²) in [7, 11) is 0. The van der Waals surface area contributed by atoms with E-state index in [1.54, 1.807) is 24.3 Å². The van der Waals surface area contributed by atoms with Gasteiger partial charge >= 0.3 is 0 Å². The minimum Gasteiger partial charge on any atom is -0.348 e. The van der Waals surface area contributed by atoms with Crippen molar-refractivity contribution in [2.45, 2.75) is 17.2 Å². The Labute approximate surface area is 174 Å². The molecule has 0 fully saturated rings. The van der Waals surface area contributed by atoms with Gasteiger partial charge in [0.15, 0.2) is 0 Å². The van der Waals surface area contributed by atoms with Crippen LogP contribution in [-0.4, -0.2) is 15.5 Å². The molecule has 0 saturated carbocycles. The zero-order valence-corrected chi connectivity index (χ0v) is 16.7. The van der Waals surface area contributed by atoms with Gasteiger partial charge in [-0.05, 0) is 35.4 Å². The topological polar surface area (TPSA) is 46.9 Å². The molecule has 0 aliphatic heterocycles. The number of imidazole rings is 1. The molecule has 0 aliphatic carbocycles. The van der Waals surface area contributed by atoms with Crippen molar-refractivity contribution in [3.63, 3.8) is 0 Å². The molecule has 1 N–H and O–H groups in total. The molecular formula is C24H21N3OS. The quantitative estimate of drug-likeness (QED) is 0.440. The third-order valence-electron chi connectivity index (χ3n) is 4.56. The minimum atomic E-state index is -0.0557. The van der Waals surface area contributed by atoms with E-state index in [0.29, 0.717) is 12.1 Å². The van der Waals surface area contributed by atoms with E-state index in [0.717, 1.165) is 21.9 Å². The van der Waals surface area contributed by atoms with Crippen LogP contribution in [0.2, 0.25) is 0 Å². The minimum absolute atomic E-state index is 0.0557. The Kier molecular flexibility index (Phi) is 6.07. The number of aromatic nitrogens is 2. The second-order valence-corrected chi connectivity index (χ2v) is 7.61. The van der Waals surface area contributed by atoms with Crippen molar-refractivity contribution < 1.29 is 4.79 Å². The molecular weight excluding hydrogens is 378 g/mol. The van der Waals surface area contributed by atoms with Crippen molar-refractivity contribution in [3.8, 4) is 5.69 Å². The maximum Gasteiger partial charge on any atom is 0.252 e. The van der Waals surface area contributed by atoms with Gasteiger partial charge in [0.25, 0.3) is 5.91 Å². The molecule has 4 aromatic rings. The summed E-state index contributed by atoms with van der Waals surface area (Å²) in [5, 5.41) is 3.04. The maximum absolute atomic E-state index is 12.8. The Morgan fingerprint density at radius 3 is 2.41 bits per heavy atom. The molecule has 0 bridgehead atoms. The van der Waals surface area contributed by atoms with Crippen LogP contribution in [0.25, 0.3) is 5.69 Å². The summed E-state index contributed by atoms with van der Waals surface area (Å²) in [6.45, 7) is 0.487. The van der Waals surface area contributed by atoms with E-state index in [2.05, 4.69) is 22.4 Å². The van der Waals surface area contributed by atoms with Gasteiger partial charge in [0.05, 0.1) is 11.9 Å². The smallest absolute Gasteiger partial charge is 0.252 e. The maximum atomic E-state index is 12.8. The molecule has 0 unspecified atom stereocenters. The monoisotopic (exact) mass is 399 g/mol. The third kappa shape index (κ3) is 4.95. The summed E-state index contributed by atoms with van der Waals surface area (Å²) >= 11 is 1.68. The van der Waals surface area contributed by atoms with Gasteiger partial charge in [-0.3, -0.25) is 4.79 Å². The molecule has 4 nitrogen and oxygen atoms in total. The molecule has 3 aromatic carbocycles. The Hall–Kier alpha value is -3.31. The largest absolute Gasteiger partial charge is 0.348 e. The number of carbonyl (C=O) groups excluding carboxylic acids is 1. The average Bonchev–Trinajstić information content (AvgIpc) is 3.32. The van der Waals surface area contributed by atoms with Gasteiger partial charge in [-0.2, -0.15) is 0 Å². The fourth-order valence-electron chi connectivity index (χ4n) is 2.99. The van der Waals surface area contributed by atoms with Crippen LogP contribution in [0.3, 0.4) is 0 Å². The molecule has 144 valence electrons. The van der Waals surface area contributed by atoms with Crippen LogP contribution in [-0.2, 0) is 12.3 Å². The van der Waals surface area contributed by atoms with Crippen LogP contribution in [0.4, 0.5) is 0 Å². The molecule has 0 spiro atoms. The highest BCUT2D eigenvalue weighted by molar-refractivity contribution is 7.98. The van der Waals surface area contributed by atoms with Gasteiger partial charge in [0.2, 0.25) is 0 Å². The van der Waals surface area contributed by atoms with Crippen molar-refractivity contribution in [2.24, 2.45) is 0 Å². The van der Waals surface area contributed by atoms with Crippen LogP contribution < -0.4 is 5.32 Å². The first-order valence-corrected chi connectivity index (χ1v) is 10.4.